The number of aryl methyl sites for hydroxylation is 1. The molecule has 1 N–H and O–H groups in total. The van der Waals surface area contributed by atoms with Crippen LogP contribution in [0.15, 0.2) is 24.3 Å². The first-order valence-electron chi connectivity index (χ1n) is 6.00. The average molecular weight is 215 g/mol. The van der Waals surface area contributed by atoms with Gasteiger partial charge in [-0.15, -0.1) is 0 Å². The number of hydrogen-bond acceptors (Lipinski definition) is 2. The zero-order chi connectivity index (χ0) is 11.0. The minimum atomic E-state index is 0.787. The quantitative estimate of drug-likeness (QED) is 0.846. The molecule has 1 aliphatic rings. The molecule has 3 heteroatoms. The summed E-state index contributed by atoms with van der Waals surface area (Å²) in [4.78, 5) is 4.56. The van der Waals surface area contributed by atoms with Crippen molar-refractivity contribution in [3.8, 4) is 0 Å². The maximum atomic E-state index is 4.56. The Kier molecular flexibility index (Phi) is 2.40. The van der Waals surface area contributed by atoms with Gasteiger partial charge in [-0.1, -0.05) is 12.1 Å². The summed E-state index contributed by atoms with van der Waals surface area (Å²) in [6, 6.07) is 9.13. The second kappa shape index (κ2) is 3.91. The molecule has 1 aromatic heterocycles. The molecule has 0 saturated heterocycles. The van der Waals surface area contributed by atoms with E-state index in [1.807, 2.05) is 6.07 Å². The third kappa shape index (κ3) is 1.83. The van der Waals surface area contributed by atoms with Crippen molar-refractivity contribution in [3.05, 3.63) is 30.1 Å². The lowest BCUT2D eigenvalue weighted by Crippen LogP contribution is -2.22. The second-order valence-electron chi connectivity index (χ2n) is 4.53. The molecule has 0 bridgehead atoms. The molecular formula is C13H17N3. The maximum Gasteiger partial charge on any atom is 0.106 e. The van der Waals surface area contributed by atoms with Gasteiger partial charge in [-0.25, -0.2) is 4.98 Å². The third-order valence-corrected chi connectivity index (χ3v) is 3.19. The molecule has 16 heavy (non-hydrogen) atoms. The van der Waals surface area contributed by atoms with Gasteiger partial charge in [0.2, 0.25) is 0 Å². The van der Waals surface area contributed by atoms with Gasteiger partial charge in [0, 0.05) is 19.1 Å². The van der Waals surface area contributed by atoms with E-state index in [-0.39, 0.29) is 0 Å². The number of hydrogen-bond donors (Lipinski definition) is 1. The summed E-state index contributed by atoms with van der Waals surface area (Å²) in [6.45, 7) is 4.14. The summed E-state index contributed by atoms with van der Waals surface area (Å²) >= 11 is 0. The van der Waals surface area contributed by atoms with Crippen LogP contribution in [-0.2, 0) is 6.54 Å². The summed E-state index contributed by atoms with van der Waals surface area (Å²) < 4.78 is 2.30. The first-order valence-corrected chi connectivity index (χ1v) is 6.00. The molecule has 2 aromatic rings. The Labute approximate surface area is 95.5 Å². The molecule has 0 radical (unpaired) electrons. The SMILES string of the molecule is Cc1nc2ccccc2n1CCNC1CC1. The molecule has 1 aliphatic carbocycles. The summed E-state index contributed by atoms with van der Waals surface area (Å²) in [5, 5.41) is 3.54. The highest BCUT2D eigenvalue weighted by Gasteiger charge is 2.19. The molecule has 1 saturated carbocycles. The zero-order valence-corrected chi connectivity index (χ0v) is 9.61. The van der Waals surface area contributed by atoms with Crippen LogP contribution in [0.3, 0.4) is 0 Å². The topological polar surface area (TPSA) is 29.9 Å². The molecule has 1 heterocycles. The zero-order valence-electron chi connectivity index (χ0n) is 9.61. The molecular weight excluding hydrogens is 198 g/mol. The number of para-hydroxylation sites is 2. The molecule has 1 aromatic carbocycles. The molecule has 0 unspecified atom stereocenters. The number of imidazole rings is 1. The number of fused-ring (bicyclic) bond motifs is 1. The normalized spacial score (nSPS) is 15.8. The predicted molar refractivity (Wildman–Crippen MR) is 65.5 cm³/mol. The van der Waals surface area contributed by atoms with E-state index in [1.54, 1.807) is 0 Å². The highest BCUT2D eigenvalue weighted by molar-refractivity contribution is 5.75. The van der Waals surface area contributed by atoms with Gasteiger partial charge in [-0.05, 0) is 31.9 Å². The fraction of sp³-hybridized carbons (Fsp3) is 0.462. The third-order valence-electron chi connectivity index (χ3n) is 3.19. The van der Waals surface area contributed by atoms with Crippen molar-refractivity contribution in [1.82, 2.24) is 14.9 Å². The van der Waals surface area contributed by atoms with Crippen molar-refractivity contribution in [2.45, 2.75) is 32.4 Å². The number of nitrogens with zero attached hydrogens (tertiary/aromatic N) is 2. The standard InChI is InChI=1S/C13H17N3/c1-10-15-12-4-2-3-5-13(12)16(10)9-8-14-11-6-7-11/h2-5,11,14H,6-9H2,1H3. The molecule has 3 nitrogen and oxygen atoms in total. The van der Waals surface area contributed by atoms with Crippen molar-refractivity contribution < 1.29 is 0 Å². The van der Waals surface area contributed by atoms with E-state index in [4.69, 9.17) is 0 Å². The smallest absolute Gasteiger partial charge is 0.106 e. The molecule has 0 aliphatic heterocycles. The maximum absolute atomic E-state index is 4.56. The minimum Gasteiger partial charge on any atom is -0.327 e. The first-order chi connectivity index (χ1) is 7.84. The molecule has 84 valence electrons. The highest BCUT2D eigenvalue weighted by atomic mass is 15.1. The number of benzene rings is 1. The van der Waals surface area contributed by atoms with E-state index in [9.17, 15) is 0 Å². The predicted octanol–water partition coefficient (Wildman–Crippen LogP) is 2.10. The van der Waals surface area contributed by atoms with Gasteiger partial charge in [0.1, 0.15) is 5.82 Å². The van der Waals surface area contributed by atoms with Gasteiger partial charge >= 0.3 is 0 Å². The summed E-state index contributed by atoms with van der Waals surface area (Å²) in [6.07, 6.45) is 2.70. The Morgan fingerprint density at radius 3 is 3.00 bits per heavy atom. The lowest BCUT2D eigenvalue weighted by Gasteiger charge is -2.07. The van der Waals surface area contributed by atoms with Crippen molar-refractivity contribution in [2.24, 2.45) is 0 Å². The van der Waals surface area contributed by atoms with Gasteiger partial charge in [-0.2, -0.15) is 0 Å². The summed E-state index contributed by atoms with van der Waals surface area (Å²) in [7, 11) is 0. The monoisotopic (exact) mass is 215 g/mol. The fourth-order valence-electron chi connectivity index (χ4n) is 2.15. The van der Waals surface area contributed by atoms with Gasteiger partial charge in [0.05, 0.1) is 11.0 Å². The summed E-state index contributed by atoms with van der Waals surface area (Å²) in [5.41, 5.74) is 2.35. The van der Waals surface area contributed by atoms with E-state index >= 15 is 0 Å². The molecule has 3 rings (SSSR count). The Morgan fingerprint density at radius 1 is 1.38 bits per heavy atom. The Hall–Kier alpha value is -1.35. The van der Waals surface area contributed by atoms with E-state index in [0.29, 0.717) is 0 Å². The molecule has 0 amide bonds. The van der Waals surface area contributed by atoms with Gasteiger partial charge in [0.25, 0.3) is 0 Å². The number of nitrogens with one attached hydrogen (secondary N) is 1. The Balaban J connectivity index is 1.80. The van der Waals surface area contributed by atoms with Crippen LogP contribution in [0.2, 0.25) is 0 Å². The van der Waals surface area contributed by atoms with Crippen LogP contribution in [0.25, 0.3) is 11.0 Å². The van der Waals surface area contributed by atoms with Gasteiger partial charge in [-0.3, -0.25) is 0 Å². The second-order valence-corrected chi connectivity index (χ2v) is 4.53. The van der Waals surface area contributed by atoms with Crippen LogP contribution in [0.5, 0.6) is 0 Å². The Bertz CT molecular complexity index is 497. The van der Waals surface area contributed by atoms with Gasteiger partial charge < -0.3 is 9.88 Å². The largest absolute Gasteiger partial charge is 0.327 e. The fourth-order valence-corrected chi connectivity index (χ4v) is 2.15. The van der Waals surface area contributed by atoms with Crippen LogP contribution in [-0.4, -0.2) is 22.1 Å². The Morgan fingerprint density at radius 2 is 2.19 bits per heavy atom. The first kappa shape index (κ1) is 9.85. The van der Waals surface area contributed by atoms with E-state index in [1.165, 1.54) is 18.4 Å². The van der Waals surface area contributed by atoms with Crippen LogP contribution >= 0.6 is 0 Å². The van der Waals surface area contributed by atoms with Crippen LogP contribution in [0.4, 0.5) is 0 Å². The van der Waals surface area contributed by atoms with Crippen molar-refractivity contribution in [1.29, 1.82) is 0 Å². The van der Waals surface area contributed by atoms with Crippen molar-refractivity contribution >= 4 is 11.0 Å². The molecule has 0 atom stereocenters. The van der Waals surface area contributed by atoms with Crippen molar-refractivity contribution in [3.63, 3.8) is 0 Å². The molecule has 1 fully saturated rings. The van der Waals surface area contributed by atoms with E-state index < -0.39 is 0 Å². The van der Waals surface area contributed by atoms with Gasteiger partial charge in [0.15, 0.2) is 0 Å². The van der Waals surface area contributed by atoms with Crippen molar-refractivity contribution in [2.75, 3.05) is 6.54 Å². The lowest BCUT2D eigenvalue weighted by molar-refractivity contribution is 0.595. The number of aromatic nitrogens is 2. The van der Waals surface area contributed by atoms with E-state index in [0.717, 1.165) is 30.5 Å². The highest BCUT2D eigenvalue weighted by Crippen LogP contribution is 2.19. The van der Waals surface area contributed by atoms with Crippen LogP contribution in [0, 0.1) is 6.92 Å². The number of rotatable bonds is 4. The lowest BCUT2D eigenvalue weighted by atomic mass is 10.3. The minimum absolute atomic E-state index is 0.787. The summed E-state index contributed by atoms with van der Waals surface area (Å²) in [5.74, 6) is 1.11. The molecule has 0 spiro atoms. The van der Waals surface area contributed by atoms with Crippen LogP contribution < -0.4 is 5.32 Å². The average Bonchev–Trinajstić information content (AvgIpc) is 3.04. The van der Waals surface area contributed by atoms with Crippen LogP contribution in [0.1, 0.15) is 18.7 Å². The van der Waals surface area contributed by atoms with E-state index in [2.05, 4.69) is 40.0 Å².